The Morgan fingerprint density at radius 2 is 0.886 bits per heavy atom. The molecule has 0 radical (unpaired) electrons. The van der Waals surface area contributed by atoms with Crippen molar-refractivity contribution in [2.75, 3.05) is 0 Å². The van der Waals surface area contributed by atoms with Gasteiger partial charge in [-0.1, -0.05) is 143 Å². The highest BCUT2D eigenvalue weighted by Gasteiger charge is 2.16. The molecule has 0 fully saturated rings. The molecule has 0 aliphatic rings. The van der Waals surface area contributed by atoms with Gasteiger partial charge in [0.15, 0.2) is 0 Å². The quantitative estimate of drug-likeness (QED) is 0.0858. The van der Waals surface area contributed by atoms with Crippen molar-refractivity contribution in [3.8, 4) is 0 Å². The highest BCUT2D eigenvalue weighted by atomic mass is 15.1. The van der Waals surface area contributed by atoms with Gasteiger partial charge in [-0.2, -0.15) is 0 Å². The third kappa shape index (κ3) is 18.2. The lowest BCUT2D eigenvalue weighted by Gasteiger charge is -2.07. The number of aromatic nitrogens is 2. The minimum Gasteiger partial charge on any atom is -0.234 e. The van der Waals surface area contributed by atoms with Gasteiger partial charge < -0.3 is 0 Å². The van der Waals surface area contributed by atoms with E-state index in [2.05, 4.69) is 42.3 Å². The van der Waals surface area contributed by atoms with Crippen LogP contribution in [0.3, 0.4) is 0 Å². The van der Waals surface area contributed by atoms with Gasteiger partial charge in [0.2, 0.25) is 0 Å². The molecule has 0 atom stereocenters. The predicted octanol–water partition coefficient (Wildman–Crippen LogP) is 10.7. The maximum Gasteiger partial charge on any atom is 0.256 e. The van der Waals surface area contributed by atoms with Crippen molar-refractivity contribution in [3.63, 3.8) is 0 Å². The second-order valence-electron chi connectivity index (χ2n) is 11.3. The minimum atomic E-state index is 1.22. The van der Waals surface area contributed by atoms with Gasteiger partial charge in [-0.3, -0.25) is 0 Å². The van der Waals surface area contributed by atoms with Crippen LogP contribution in [0.5, 0.6) is 0 Å². The number of hydrogen-bond donors (Lipinski definition) is 0. The summed E-state index contributed by atoms with van der Waals surface area (Å²) < 4.78 is 5.21. The van der Waals surface area contributed by atoms with Crippen molar-refractivity contribution in [3.05, 3.63) is 18.2 Å². The molecule has 0 aromatic carbocycles. The standard InChI is InChI=1S/C33H65N2/c1-4-7-10-13-15-17-18-20-22-24-27-30-35-32-31-34(29-26-12-9-6-3)33(35)28-25-23-21-19-16-14-11-8-5-2/h31-32H,4-30H2,1-3H3/q+1. The van der Waals surface area contributed by atoms with E-state index < -0.39 is 0 Å². The van der Waals surface area contributed by atoms with Crippen LogP contribution in [0.15, 0.2) is 12.4 Å². The van der Waals surface area contributed by atoms with Crippen LogP contribution in [-0.4, -0.2) is 4.57 Å². The molecule has 0 spiro atoms. The topological polar surface area (TPSA) is 8.81 Å². The fraction of sp³-hybridized carbons (Fsp3) is 0.909. The van der Waals surface area contributed by atoms with E-state index in [0.717, 1.165) is 0 Å². The average molecular weight is 490 g/mol. The lowest BCUT2D eigenvalue weighted by molar-refractivity contribution is -0.704. The van der Waals surface area contributed by atoms with E-state index in [-0.39, 0.29) is 0 Å². The zero-order valence-electron chi connectivity index (χ0n) is 24.6. The van der Waals surface area contributed by atoms with E-state index in [0.29, 0.717) is 0 Å². The second kappa shape index (κ2) is 24.9. The van der Waals surface area contributed by atoms with Gasteiger partial charge in [0.1, 0.15) is 12.4 Å². The Bertz CT molecular complexity index is 547. The van der Waals surface area contributed by atoms with Crippen molar-refractivity contribution in [2.45, 2.75) is 194 Å². The minimum absolute atomic E-state index is 1.22. The third-order valence-electron chi connectivity index (χ3n) is 7.85. The molecule has 0 aliphatic heterocycles. The van der Waals surface area contributed by atoms with Gasteiger partial charge in [0, 0.05) is 6.42 Å². The summed E-state index contributed by atoms with van der Waals surface area (Å²) in [5.41, 5.74) is 0. The van der Waals surface area contributed by atoms with Crippen LogP contribution >= 0.6 is 0 Å². The SMILES string of the molecule is CCCCCCCCCCCCC[n+]1ccn(CCCCCC)c1CCCCCCCCCCC. The third-order valence-corrected chi connectivity index (χ3v) is 7.85. The van der Waals surface area contributed by atoms with E-state index in [4.69, 9.17) is 0 Å². The summed E-state index contributed by atoms with van der Waals surface area (Å²) >= 11 is 0. The summed E-state index contributed by atoms with van der Waals surface area (Å²) in [5, 5.41) is 0. The van der Waals surface area contributed by atoms with Crippen LogP contribution in [0.1, 0.15) is 181 Å². The Morgan fingerprint density at radius 1 is 0.486 bits per heavy atom. The first-order valence-electron chi connectivity index (χ1n) is 16.4. The summed E-state index contributed by atoms with van der Waals surface area (Å²) in [6.45, 7) is 9.38. The summed E-state index contributed by atoms with van der Waals surface area (Å²) in [7, 11) is 0. The summed E-state index contributed by atoms with van der Waals surface area (Å²) in [6.07, 6.45) is 40.0. The molecule has 2 nitrogen and oxygen atoms in total. The van der Waals surface area contributed by atoms with Crippen LogP contribution in [0.4, 0.5) is 0 Å². The molecule has 1 heterocycles. The molecule has 0 aliphatic carbocycles. The van der Waals surface area contributed by atoms with Crippen molar-refractivity contribution < 1.29 is 4.57 Å². The highest BCUT2D eigenvalue weighted by molar-refractivity contribution is 4.84. The number of hydrogen-bond acceptors (Lipinski definition) is 0. The first-order chi connectivity index (χ1) is 17.3. The van der Waals surface area contributed by atoms with E-state index in [1.54, 1.807) is 5.82 Å². The van der Waals surface area contributed by atoms with Crippen LogP contribution < -0.4 is 4.57 Å². The smallest absolute Gasteiger partial charge is 0.234 e. The van der Waals surface area contributed by atoms with Crippen LogP contribution in [0.2, 0.25) is 0 Å². The second-order valence-corrected chi connectivity index (χ2v) is 11.3. The van der Waals surface area contributed by atoms with Crippen molar-refractivity contribution in [2.24, 2.45) is 0 Å². The highest BCUT2D eigenvalue weighted by Crippen LogP contribution is 2.14. The summed E-state index contributed by atoms with van der Waals surface area (Å²) in [6, 6.07) is 0. The molecule has 1 aromatic heterocycles. The van der Waals surface area contributed by atoms with Crippen LogP contribution in [0.25, 0.3) is 0 Å². The van der Waals surface area contributed by atoms with Gasteiger partial charge in [-0.15, -0.1) is 0 Å². The number of unbranched alkanes of at least 4 members (excludes halogenated alkanes) is 21. The molecule has 0 N–H and O–H groups in total. The van der Waals surface area contributed by atoms with E-state index in [9.17, 15) is 0 Å². The predicted molar refractivity (Wildman–Crippen MR) is 156 cm³/mol. The van der Waals surface area contributed by atoms with Gasteiger partial charge in [-0.05, 0) is 32.1 Å². The molecule has 2 heteroatoms. The molecule has 0 unspecified atom stereocenters. The molecule has 0 saturated heterocycles. The van der Waals surface area contributed by atoms with Gasteiger partial charge >= 0.3 is 0 Å². The normalized spacial score (nSPS) is 11.5. The summed E-state index contributed by atoms with van der Waals surface area (Å²) in [4.78, 5) is 0. The Labute approximate surface area is 221 Å². The Morgan fingerprint density at radius 3 is 1.37 bits per heavy atom. The maximum absolute atomic E-state index is 2.61. The lowest BCUT2D eigenvalue weighted by atomic mass is 10.1. The van der Waals surface area contributed by atoms with Crippen molar-refractivity contribution in [1.29, 1.82) is 0 Å². The monoisotopic (exact) mass is 490 g/mol. The van der Waals surface area contributed by atoms with E-state index >= 15 is 0 Å². The Kier molecular flexibility index (Phi) is 22.9. The average Bonchev–Trinajstić information content (AvgIpc) is 3.25. The maximum atomic E-state index is 2.61. The van der Waals surface area contributed by atoms with Gasteiger partial charge in [0.25, 0.3) is 5.82 Å². The molecule has 0 saturated carbocycles. The number of rotatable bonds is 27. The number of aryl methyl sites for hydroxylation is 2. The van der Waals surface area contributed by atoms with E-state index in [1.165, 1.54) is 174 Å². The van der Waals surface area contributed by atoms with Crippen molar-refractivity contribution >= 4 is 0 Å². The largest absolute Gasteiger partial charge is 0.256 e. The fourth-order valence-electron chi connectivity index (χ4n) is 5.44. The molecular formula is C33H65N2+. The Balaban J connectivity index is 2.28. The molecule has 0 amide bonds. The molecule has 35 heavy (non-hydrogen) atoms. The molecule has 206 valence electrons. The number of nitrogens with zero attached hydrogens (tertiary/aromatic N) is 2. The lowest BCUT2D eigenvalue weighted by Crippen LogP contribution is -2.37. The molecular weight excluding hydrogens is 424 g/mol. The zero-order valence-corrected chi connectivity index (χ0v) is 24.6. The van der Waals surface area contributed by atoms with Crippen LogP contribution in [0, 0.1) is 0 Å². The first kappa shape index (κ1) is 32.2. The van der Waals surface area contributed by atoms with Crippen LogP contribution in [-0.2, 0) is 19.5 Å². The first-order valence-corrected chi connectivity index (χ1v) is 16.4. The Hall–Kier alpha value is -0.790. The summed E-state index contributed by atoms with van der Waals surface area (Å²) in [5.74, 6) is 1.61. The van der Waals surface area contributed by atoms with Gasteiger partial charge in [0.05, 0.1) is 13.1 Å². The molecule has 0 bridgehead atoms. The van der Waals surface area contributed by atoms with Crippen molar-refractivity contribution in [1.82, 2.24) is 4.57 Å². The zero-order chi connectivity index (χ0) is 25.2. The van der Waals surface area contributed by atoms with Gasteiger partial charge in [-0.25, -0.2) is 9.13 Å². The van der Waals surface area contributed by atoms with E-state index in [1.807, 2.05) is 0 Å². The number of imidazole rings is 1. The molecule has 1 aromatic rings. The fourth-order valence-corrected chi connectivity index (χ4v) is 5.44. The molecule has 1 rings (SSSR count).